The summed E-state index contributed by atoms with van der Waals surface area (Å²) in [7, 11) is 0. The van der Waals surface area contributed by atoms with E-state index in [0.29, 0.717) is 25.9 Å². The normalized spacial score (nSPS) is 18.7. The highest BCUT2D eigenvalue weighted by Crippen LogP contribution is 2.23. The number of likely N-dealkylation sites (tertiary alicyclic amines) is 1. The van der Waals surface area contributed by atoms with Crippen molar-refractivity contribution in [3.8, 4) is 5.75 Å². The summed E-state index contributed by atoms with van der Waals surface area (Å²) in [5, 5.41) is 18.9. The van der Waals surface area contributed by atoms with Gasteiger partial charge in [-0.2, -0.15) is 0 Å². The lowest BCUT2D eigenvalue weighted by Crippen LogP contribution is -2.45. The van der Waals surface area contributed by atoms with E-state index in [0.717, 1.165) is 6.07 Å². The standard InChI is InChI=1S/C13H16FNO3/c1-13(18)4-6-15(7-5-13)12(17)10-3-2-9(16)8-11(10)14/h2-3,8,16,18H,4-7H2,1H3. The van der Waals surface area contributed by atoms with Gasteiger partial charge in [0.15, 0.2) is 0 Å². The predicted molar refractivity (Wildman–Crippen MR) is 63.8 cm³/mol. The Labute approximate surface area is 105 Å². The molecule has 1 amide bonds. The first-order valence-electron chi connectivity index (χ1n) is 5.89. The second kappa shape index (κ2) is 4.57. The average molecular weight is 253 g/mol. The molecule has 0 aromatic heterocycles. The van der Waals surface area contributed by atoms with Crippen molar-refractivity contribution in [2.75, 3.05) is 13.1 Å². The molecule has 2 rings (SSSR count). The number of piperidine rings is 1. The van der Waals surface area contributed by atoms with E-state index in [9.17, 15) is 14.3 Å². The van der Waals surface area contributed by atoms with Gasteiger partial charge in [-0.3, -0.25) is 4.79 Å². The van der Waals surface area contributed by atoms with Gasteiger partial charge in [-0.1, -0.05) is 0 Å². The number of aliphatic hydroxyl groups is 1. The maximum Gasteiger partial charge on any atom is 0.256 e. The number of hydrogen-bond acceptors (Lipinski definition) is 3. The summed E-state index contributed by atoms with van der Waals surface area (Å²) in [6, 6.07) is 3.49. The molecule has 1 fully saturated rings. The van der Waals surface area contributed by atoms with E-state index in [1.807, 2.05) is 0 Å². The maximum atomic E-state index is 13.6. The Balaban J connectivity index is 2.13. The first-order chi connectivity index (χ1) is 8.39. The number of halogens is 1. The summed E-state index contributed by atoms with van der Waals surface area (Å²) in [5.74, 6) is -1.33. The maximum absolute atomic E-state index is 13.6. The summed E-state index contributed by atoms with van der Waals surface area (Å²) in [5.41, 5.74) is -0.793. The SMILES string of the molecule is CC1(O)CCN(C(=O)c2ccc(O)cc2F)CC1. The molecule has 1 heterocycles. The molecule has 1 aromatic carbocycles. The third-order valence-electron chi connectivity index (χ3n) is 3.31. The van der Waals surface area contributed by atoms with Crippen LogP contribution >= 0.6 is 0 Å². The molecule has 18 heavy (non-hydrogen) atoms. The highest BCUT2D eigenvalue weighted by Gasteiger charge is 2.30. The van der Waals surface area contributed by atoms with E-state index in [1.54, 1.807) is 6.92 Å². The Hall–Kier alpha value is -1.62. The Morgan fingerprint density at radius 1 is 1.39 bits per heavy atom. The number of phenols is 1. The molecule has 1 aliphatic rings. The van der Waals surface area contributed by atoms with Crippen molar-refractivity contribution in [1.29, 1.82) is 0 Å². The molecular weight excluding hydrogens is 237 g/mol. The van der Waals surface area contributed by atoms with Crippen LogP contribution < -0.4 is 0 Å². The first kappa shape index (κ1) is 12.8. The summed E-state index contributed by atoms with van der Waals surface area (Å²) < 4.78 is 13.6. The molecule has 0 radical (unpaired) electrons. The minimum absolute atomic E-state index is 0.0469. The number of carbonyl (C=O) groups excluding carboxylic acids is 1. The molecule has 1 aromatic rings. The number of hydrogen-bond donors (Lipinski definition) is 2. The number of phenolic OH excluding ortho intramolecular Hbond substituents is 1. The zero-order chi connectivity index (χ0) is 13.3. The molecule has 0 unspecified atom stereocenters. The van der Waals surface area contributed by atoms with Crippen molar-refractivity contribution in [2.45, 2.75) is 25.4 Å². The fraction of sp³-hybridized carbons (Fsp3) is 0.462. The van der Waals surface area contributed by atoms with Crippen LogP contribution in [-0.2, 0) is 0 Å². The summed E-state index contributed by atoms with van der Waals surface area (Å²) in [4.78, 5) is 13.6. The fourth-order valence-electron chi connectivity index (χ4n) is 2.04. The molecule has 1 saturated heterocycles. The second-order valence-corrected chi connectivity index (χ2v) is 4.95. The number of aromatic hydroxyl groups is 1. The molecule has 1 aliphatic heterocycles. The van der Waals surface area contributed by atoms with Gasteiger partial charge in [-0.05, 0) is 31.9 Å². The summed E-state index contributed by atoms with van der Waals surface area (Å²) in [6.07, 6.45) is 0.969. The smallest absolute Gasteiger partial charge is 0.256 e. The molecular formula is C13H16FNO3. The largest absolute Gasteiger partial charge is 0.508 e. The van der Waals surface area contributed by atoms with Crippen LogP contribution in [0.2, 0.25) is 0 Å². The lowest BCUT2D eigenvalue weighted by atomic mass is 9.93. The van der Waals surface area contributed by atoms with Crippen LogP contribution in [0.3, 0.4) is 0 Å². The monoisotopic (exact) mass is 253 g/mol. The zero-order valence-corrected chi connectivity index (χ0v) is 10.2. The van der Waals surface area contributed by atoms with Crippen LogP contribution in [0, 0.1) is 5.82 Å². The van der Waals surface area contributed by atoms with Gasteiger partial charge >= 0.3 is 0 Å². The van der Waals surface area contributed by atoms with Gasteiger partial charge < -0.3 is 15.1 Å². The number of carbonyl (C=O) groups is 1. The third-order valence-corrected chi connectivity index (χ3v) is 3.31. The Kier molecular flexibility index (Phi) is 3.26. The Bertz CT molecular complexity index is 463. The van der Waals surface area contributed by atoms with Crippen molar-refractivity contribution in [3.05, 3.63) is 29.6 Å². The van der Waals surface area contributed by atoms with Gasteiger partial charge in [-0.15, -0.1) is 0 Å². The minimum atomic E-state index is -0.746. The molecule has 0 bridgehead atoms. The Morgan fingerprint density at radius 2 is 2.00 bits per heavy atom. The molecule has 98 valence electrons. The Morgan fingerprint density at radius 3 is 2.56 bits per heavy atom. The lowest BCUT2D eigenvalue weighted by molar-refractivity contribution is -0.00213. The third kappa shape index (κ3) is 2.61. The van der Waals surface area contributed by atoms with Crippen LogP contribution in [0.15, 0.2) is 18.2 Å². The van der Waals surface area contributed by atoms with Crippen LogP contribution in [0.25, 0.3) is 0 Å². The molecule has 4 nitrogen and oxygen atoms in total. The van der Waals surface area contributed by atoms with E-state index in [2.05, 4.69) is 0 Å². The van der Waals surface area contributed by atoms with E-state index < -0.39 is 17.3 Å². The van der Waals surface area contributed by atoms with Crippen molar-refractivity contribution in [1.82, 2.24) is 4.90 Å². The van der Waals surface area contributed by atoms with E-state index in [1.165, 1.54) is 17.0 Å². The van der Waals surface area contributed by atoms with Gasteiger partial charge in [0.2, 0.25) is 0 Å². The van der Waals surface area contributed by atoms with Crippen LogP contribution in [-0.4, -0.2) is 39.7 Å². The van der Waals surface area contributed by atoms with Crippen molar-refractivity contribution >= 4 is 5.91 Å². The molecule has 0 spiro atoms. The number of amides is 1. The summed E-state index contributed by atoms with van der Waals surface area (Å²) in [6.45, 7) is 2.55. The molecule has 0 aliphatic carbocycles. The zero-order valence-electron chi connectivity index (χ0n) is 10.2. The van der Waals surface area contributed by atoms with Crippen LogP contribution in [0.1, 0.15) is 30.1 Å². The van der Waals surface area contributed by atoms with Gasteiger partial charge in [0.05, 0.1) is 11.2 Å². The van der Waals surface area contributed by atoms with Gasteiger partial charge in [-0.25, -0.2) is 4.39 Å². The highest BCUT2D eigenvalue weighted by atomic mass is 19.1. The van der Waals surface area contributed by atoms with Crippen molar-refractivity contribution in [2.24, 2.45) is 0 Å². The minimum Gasteiger partial charge on any atom is -0.508 e. The lowest BCUT2D eigenvalue weighted by Gasteiger charge is -2.35. The predicted octanol–water partition coefficient (Wildman–Crippen LogP) is 1.52. The second-order valence-electron chi connectivity index (χ2n) is 4.95. The number of rotatable bonds is 1. The molecule has 0 saturated carbocycles. The molecule has 5 heteroatoms. The van der Waals surface area contributed by atoms with E-state index >= 15 is 0 Å². The molecule has 0 atom stereocenters. The van der Waals surface area contributed by atoms with Gasteiger partial charge in [0.1, 0.15) is 11.6 Å². The van der Waals surface area contributed by atoms with Crippen molar-refractivity contribution < 1.29 is 19.4 Å². The average Bonchev–Trinajstić information content (AvgIpc) is 2.28. The topological polar surface area (TPSA) is 60.8 Å². The first-order valence-corrected chi connectivity index (χ1v) is 5.89. The quantitative estimate of drug-likeness (QED) is 0.797. The van der Waals surface area contributed by atoms with E-state index in [-0.39, 0.29) is 11.3 Å². The number of nitrogens with zero attached hydrogens (tertiary/aromatic N) is 1. The fourth-order valence-corrected chi connectivity index (χ4v) is 2.04. The number of benzene rings is 1. The highest BCUT2D eigenvalue weighted by molar-refractivity contribution is 5.94. The summed E-state index contributed by atoms with van der Waals surface area (Å²) >= 11 is 0. The van der Waals surface area contributed by atoms with Crippen LogP contribution in [0.4, 0.5) is 4.39 Å². The van der Waals surface area contributed by atoms with Crippen LogP contribution in [0.5, 0.6) is 5.75 Å². The van der Waals surface area contributed by atoms with Gasteiger partial charge in [0.25, 0.3) is 5.91 Å². The molecule has 2 N–H and O–H groups in total. The van der Waals surface area contributed by atoms with E-state index in [4.69, 9.17) is 5.11 Å². The van der Waals surface area contributed by atoms with Gasteiger partial charge in [0, 0.05) is 19.2 Å². The van der Waals surface area contributed by atoms with Crippen molar-refractivity contribution in [3.63, 3.8) is 0 Å².